The van der Waals surface area contributed by atoms with Crippen molar-refractivity contribution in [3.8, 4) is 11.3 Å². The molecule has 4 N–H and O–H groups in total. The summed E-state index contributed by atoms with van der Waals surface area (Å²) in [5.41, 5.74) is 1.03. The number of amides is 2. The molecule has 0 unspecified atom stereocenters. The number of rotatable bonds is 4. The van der Waals surface area contributed by atoms with Crippen molar-refractivity contribution < 1.29 is 59.0 Å². The van der Waals surface area contributed by atoms with Crippen LogP contribution in [0.1, 0.15) is 30.0 Å². The summed E-state index contributed by atoms with van der Waals surface area (Å²) in [5.74, 6) is -1.70. The minimum Gasteiger partial charge on any atom is -0.480 e. The number of β-lactam (4-membered cyclic amide) rings is 1. The molecule has 0 radical (unpaired) electrons. The van der Waals surface area contributed by atoms with E-state index in [0.29, 0.717) is 16.3 Å². The molecule has 2 fully saturated rings. The van der Waals surface area contributed by atoms with Crippen LogP contribution < -0.4 is 34.9 Å². The molecule has 1 aromatic carbocycles. The molecule has 160 valence electrons. The van der Waals surface area contributed by atoms with Crippen LogP contribution in [0, 0.1) is 6.92 Å². The van der Waals surface area contributed by atoms with E-state index in [4.69, 9.17) is 16.1 Å². The number of aryl methyl sites for hydroxylation is 1. The van der Waals surface area contributed by atoms with Crippen molar-refractivity contribution in [2.45, 2.75) is 43.0 Å². The Morgan fingerprint density at radius 1 is 1.32 bits per heavy atom. The standard InChI is InChI=1S/C19H18ClN3O5S.Na.H2O/c1-8-11(12(22-28-8)9-6-4-5-7-10(9)20)15(24)21-13-16(25)23-14(18(26)27)19(2,3)29-17(13)23;;/h4-7,13-14,17H,1-3H3,(H,21,24)(H,26,27);;1H2/q;+1;/t13-,14+,17-;;/m1../s1. The van der Waals surface area contributed by atoms with Crippen molar-refractivity contribution in [3.63, 3.8) is 0 Å². The number of hydrogen-bond acceptors (Lipinski definition) is 6. The van der Waals surface area contributed by atoms with E-state index in [1.807, 2.05) is 0 Å². The Kier molecular flexibility index (Phi) is 7.57. The number of benzene rings is 1. The summed E-state index contributed by atoms with van der Waals surface area (Å²) in [6, 6.07) is 5.18. The summed E-state index contributed by atoms with van der Waals surface area (Å²) in [7, 11) is 0. The van der Waals surface area contributed by atoms with Crippen molar-refractivity contribution in [2.24, 2.45) is 0 Å². The third-order valence-corrected chi connectivity index (χ3v) is 7.08. The number of halogens is 1. The first-order valence-electron chi connectivity index (χ1n) is 8.88. The van der Waals surface area contributed by atoms with Crippen LogP contribution in [0.15, 0.2) is 28.8 Å². The van der Waals surface area contributed by atoms with Crippen molar-refractivity contribution in [1.82, 2.24) is 15.4 Å². The molecule has 3 heterocycles. The number of carbonyl (C=O) groups excluding carboxylic acids is 2. The van der Waals surface area contributed by atoms with Gasteiger partial charge >= 0.3 is 35.5 Å². The maximum Gasteiger partial charge on any atom is 1.00 e. The molecule has 31 heavy (non-hydrogen) atoms. The van der Waals surface area contributed by atoms with E-state index in [1.165, 1.54) is 16.7 Å². The minimum atomic E-state index is -1.06. The second-order valence-corrected chi connectivity index (χ2v) is 9.67. The number of nitrogens with zero attached hydrogens (tertiary/aromatic N) is 2. The molecule has 2 aliphatic heterocycles. The van der Waals surface area contributed by atoms with Crippen LogP contribution >= 0.6 is 23.4 Å². The molecule has 0 aliphatic carbocycles. The van der Waals surface area contributed by atoms with Gasteiger partial charge in [0.15, 0.2) is 0 Å². The monoisotopic (exact) mass is 476 g/mol. The molecule has 1 aromatic heterocycles. The molecule has 3 atom stereocenters. The number of aliphatic carboxylic acids is 1. The predicted molar refractivity (Wildman–Crippen MR) is 110 cm³/mol. The molecule has 9 nitrogen and oxygen atoms in total. The van der Waals surface area contributed by atoms with Crippen molar-refractivity contribution in [1.29, 1.82) is 0 Å². The van der Waals surface area contributed by atoms with Crippen LogP contribution in [0.3, 0.4) is 0 Å². The molecule has 2 aromatic rings. The Hall–Kier alpha value is -1.56. The van der Waals surface area contributed by atoms with Crippen molar-refractivity contribution in [3.05, 3.63) is 40.6 Å². The Morgan fingerprint density at radius 2 is 1.97 bits per heavy atom. The fourth-order valence-electron chi connectivity index (χ4n) is 3.84. The third-order valence-electron chi connectivity index (χ3n) is 5.18. The van der Waals surface area contributed by atoms with E-state index in [1.54, 1.807) is 45.0 Å². The molecule has 2 saturated heterocycles. The zero-order valence-corrected chi connectivity index (χ0v) is 20.9. The maximum absolute atomic E-state index is 13.0. The number of carbonyl (C=O) groups is 3. The summed E-state index contributed by atoms with van der Waals surface area (Å²) in [5, 5.41) is 16.2. The summed E-state index contributed by atoms with van der Waals surface area (Å²) in [4.78, 5) is 38.6. The Bertz CT molecular complexity index is 1050. The van der Waals surface area contributed by atoms with E-state index < -0.39 is 40.0 Å². The van der Waals surface area contributed by atoms with Gasteiger partial charge in [0, 0.05) is 10.3 Å². The first-order valence-corrected chi connectivity index (χ1v) is 10.1. The first kappa shape index (κ1) is 25.7. The van der Waals surface area contributed by atoms with Crippen LogP contribution in [0.2, 0.25) is 5.02 Å². The van der Waals surface area contributed by atoms with Gasteiger partial charge in [0.25, 0.3) is 5.91 Å². The molecule has 0 saturated carbocycles. The van der Waals surface area contributed by atoms with Gasteiger partial charge in [-0.3, -0.25) is 9.59 Å². The summed E-state index contributed by atoms with van der Waals surface area (Å²) in [6.07, 6.45) is 0. The van der Waals surface area contributed by atoms with E-state index >= 15 is 0 Å². The zero-order chi connectivity index (χ0) is 21.1. The Morgan fingerprint density at radius 3 is 2.58 bits per heavy atom. The van der Waals surface area contributed by atoms with E-state index in [0.717, 1.165) is 0 Å². The van der Waals surface area contributed by atoms with Crippen LogP contribution in [0.4, 0.5) is 0 Å². The number of aromatic nitrogens is 1. The second kappa shape index (κ2) is 9.13. The van der Waals surface area contributed by atoms with Crippen molar-refractivity contribution >= 4 is 41.1 Å². The van der Waals surface area contributed by atoms with Gasteiger partial charge in [-0.2, -0.15) is 0 Å². The number of carboxylic acid groups (broad SMARTS) is 1. The normalized spacial score (nSPS) is 23.2. The van der Waals surface area contributed by atoms with E-state index in [9.17, 15) is 19.5 Å². The van der Waals surface area contributed by atoms with E-state index in [-0.39, 0.29) is 46.3 Å². The number of hydrogen-bond donors (Lipinski definition) is 2. The van der Waals surface area contributed by atoms with Gasteiger partial charge in [-0.1, -0.05) is 35.0 Å². The fourth-order valence-corrected chi connectivity index (χ4v) is 5.69. The molecular formula is C19H20ClN3NaO6S+. The number of carboxylic acids is 1. The average Bonchev–Trinajstić information content (AvgIpc) is 3.15. The summed E-state index contributed by atoms with van der Waals surface area (Å²) >= 11 is 7.59. The third kappa shape index (κ3) is 4.12. The van der Waals surface area contributed by atoms with Crippen LogP contribution in [-0.2, 0) is 9.59 Å². The molecule has 4 rings (SSSR count). The van der Waals surface area contributed by atoms with Crippen LogP contribution in [-0.4, -0.2) is 60.6 Å². The first-order chi connectivity index (χ1) is 13.6. The zero-order valence-electron chi connectivity index (χ0n) is 17.3. The van der Waals surface area contributed by atoms with Crippen molar-refractivity contribution in [2.75, 3.05) is 0 Å². The Balaban J connectivity index is 0.00000171. The average molecular weight is 477 g/mol. The van der Waals surface area contributed by atoms with Gasteiger partial charge in [0.1, 0.15) is 34.5 Å². The van der Waals surface area contributed by atoms with Gasteiger partial charge < -0.3 is 25.3 Å². The number of thioether (sulfide) groups is 1. The smallest absolute Gasteiger partial charge is 0.480 e. The Labute approximate surface area is 209 Å². The van der Waals surface area contributed by atoms with Gasteiger partial charge in [-0.05, 0) is 26.8 Å². The topological polar surface area (TPSA) is 144 Å². The summed E-state index contributed by atoms with van der Waals surface area (Å²) < 4.78 is 4.54. The number of fused-ring (bicyclic) bond motifs is 1. The number of nitrogens with one attached hydrogen (secondary N) is 1. The maximum atomic E-state index is 13.0. The van der Waals surface area contributed by atoms with E-state index in [2.05, 4.69) is 10.5 Å². The predicted octanol–water partition coefficient (Wildman–Crippen LogP) is -1.27. The molecular weight excluding hydrogens is 457 g/mol. The van der Waals surface area contributed by atoms with Crippen LogP contribution in [0.5, 0.6) is 0 Å². The quantitative estimate of drug-likeness (QED) is 0.413. The second-order valence-electron chi connectivity index (χ2n) is 7.49. The largest absolute Gasteiger partial charge is 1.00 e. The van der Waals surface area contributed by atoms with Gasteiger partial charge in [0.05, 0.1) is 5.02 Å². The van der Waals surface area contributed by atoms with Gasteiger partial charge in [-0.25, -0.2) is 4.79 Å². The molecule has 2 amide bonds. The van der Waals surface area contributed by atoms with Gasteiger partial charge in [-0.15, -0.1) is 11.8 Å². The van der Waals surface area contributed by atoms with Crippen LogP contribution in [0.25, 0.3) is 11.3 Å². The summed E-state index contributed by atoms with van der Waals surface area (Å²) in [6.45, 7) is 5.16. The van der Waals surface area contributed by atoms with Gasteiger partial charge in [0.2, 0.25) is 5.91 Å². The minimum absolute atomic E-state index is 0. The molecule has 12 heteroatoms. The molecule has 0 spiro atoms. The SMILES string of the molecule is Cc1onc(-c2ccccc2Cl)c1C(=O)N[C@@H]1C(=O)N2[C@@H]1SC(C)(C)[C@@H]2C(=O)O.O.[Na+]. The molecule has 2 aliphatic rings. The fraction of sp³-hybridized carbons (Fsp3) is 0.368. The molecule has 0 bridgehead atoms.